The van der Waals surface area contributed by atoms with Crippen molar-refractivity contribution in [2.45, 2.75) is 56.1 Å². The van der Waals surface area contributed by atoms with Crippen LogP contribution in [0.25, 0.3) is 0 Å². The minimum atomic E-state index is -0.602. The molecule has 2 N–H and O–H groups in total. The first kappa shape index (κ1) is 13.3. The highest BCUT2D eigenvalue weighted by Gasteiger charge is 2.61. The number of carbonyl (C=O) groups is 1. The van der Waals surface area contributed by atoms with Crippen molar-refractivity contribution in [3.05, 3.63) is 17.0 Å². The number of carbonyl (C=O) groups excluding carboxylic acids is 1. The largest absolute Gasteiger partial charge is 0.364 e. The van der Waals surface area contributed by atoms with Gasteiger partial charge in [0, 0.05) is 12.0 Å². The van der Waals surface area contributed by atoms with E-state index in [1.807, 2.05) is 0 Å². The van der Waals surface area contributed by atoms with Gasteiger partial charge in [0.25, 0.3) is 5.91 Å². The molecule has 1 aromatic heterocycles. The minimum absolute atomic E-state index is 0.280. The molecule has 2 fully saturated rings. The van der Waals surface area contributed by atoms with E-state index >= 15 is 0 Å². The summed E-state index contributed by atoms with van der Waals surface area (Å²) in [5.41, 5.74) is 6.26. The second-order valence-electron chi connectivity index (χ2n) is 6.30. The van der Waals surface area contributed by atoms with Gasteiger partial charge in [0.2, 0.25) is 0 Å². The lowest BCUT2D eigenvalue weighted by atomic mass is 9.61. The lowest BCUT2D eigenvalue weighted by molar-refractivity contribution is -0.235. The van der Waals surface area contributed by atoms with E-state index < -0.39 is 11.7 Å². The van der Waals surface area contributed by atoms with Crippen molar-refractivity contribution in [2.24, 2.45) is 5.73 Å². The van der Waals surface area contributed by atoms with Gasteiger partial charge in [-0.1, -0.05) is 11.6 Å². The summed E-state index contributed by atoms with van der Waals surface area (Å²) in [7, 11) is 0. The average Bonchev–Trinajstić information content (AvgIpc) is 3.11. The highest BCUT2D eigenvalue weighted by Crippen LogP contribution is 2.56. The Bertz CT molecular complexity index is 576. The molecule has 0 aromatic carbocycles. The predicted octanol–water partition coefficient (Wildman–Crippen LogP) is 1.66. The molecular formula is C15H20N2O4. The van der Waals surface area contributed by atoms with E-state index in [4.69, 9.17) is 19.7 Å². The molecule has 1 atom stereocenters. The van der Waals surface area contributed by atoms with Gasteiger partial charge in [0.15, 0.2) is 17.2 Å². The lowest BCUT2D eigenvalue weighted by Gasteiger charge is -2.50. The normalized spacial score (nSPS) is 30.7. The van der Waals surface area contributed by atoms with E-state index in [9.17, 15) is 4.79 Å². The number of nitrogens with zero attached hydrogens (tertiary/aromatic N) is 1. The van der Waals surface area contributed by atoms with Crippen LogP contribution in [0.1, 0.15) is 60.3 Å². The second-order valence-corrected chi connectivity index (χ2v) is 6.30. The Morgan fingerprint density at radius 1 is 1.10 bits per heavy atom. The molecule has 1 amide bonds. The van der Waals surface area contributed by atoms with Gasteiger partial charge in [-0.3, -0.25) is 4.79 Å². The number of aromatic nitrogens is 1. The van der Waals surface area contributed by atoms with Crippen molar-refractivity contribution < 1.29 is 18.8 Å². The minimum Gasteiger partial charge on any atom is -0.364 e. The standard InChI is InChI=1S/C15H20N2O4/c16-13(18)11-10-4-3-6-14(12(10)21-17-11)5-1-2-7-15(14)19-8-9-20-15/h1-9H2,(H2,16,18)/t14-/m0/s1. The van der Waals surface area contributed by atoms with E-state index in [1.54, 1.807) is 0 Å². The summed E-state index contributed by atoms with van der Waals surface area (Å²) in [5.74, 6) is -0.339. The highest BCUT2D eigenvalue weighted by molar-refractivity contribution is 5.92. The Balaban J connectivity index is 1.87. The zero-order chi connectivity index (χ0) is 14.5. The van der Waals surface area contributed by atoms with E-state index in [-0.39, 0.29) is 11.1 Å². The topological polar surface area (TPSA) is 87.6 Å². The molecule has 2 spiro atoms. The third-order valence-electron chi connectivity index (χ3n) is 5.33. The van der Waals surface area contributed by atoms with Crippen LogP contribution in [0.2, 0.25) is 0 Å². The van der Waals surface area contributed by atoms with Gasteiger partial charge in [-0.2, -0.15) is 0 Å². The van der Waals surface area contributed by atoms with Gasteiger partial charge in [-0.25, -0.2) is 0 Å². The summed E-state index contributed by atoms with van der Waals surface area (Å²) in [6, 6.07) is 0. The van der Waals surface area contributed by atoms with Crippen LogP contribution in [0, 0.1) is 0 Å². The Hall–Kier alpha value is -1.40. The molecule has 3 aliphatic rings. The average molecular weight is 292 g/mol. The van der Waals surface area contributed by atoms with Crippen molar-refractivity contribution in [1.29, 1.82) is 0 Å². The summed E-state index contributed by atoms with van der Waals surface area (Å²) in [6.07, 6.45) is 6.74. The third-order valence-corrected chi connectivity index (χ3v) is 5.33. The van der Waals surface area contributed by atoms with E-state index in [2.05, 4.69) is 5.16 Å². The van der Waals surface area contributed by atoms with Gasteiger partial charge in [0.1, 0.15) is 0 Å². The Morgan fingerprint density at radius 3 is 2.57 bits per heavy atom. The van der Waals surface area contributed by atoms with Gasteiger partial charge in [-0.15, -0.1) is 0 Å². The Labute approximate surface area is 122 Å². The molecule has 1 aliphatic heterocycles. The molecule has 114 valence electrons. The van der Waals surface area contributed by atoms with Crippen LogP contribution >= 0.6 is 0 Å². The molecule has 21 heavy (non-hydrogen) atoms. The summed E-state index contributed by atoms with van der Waals surface area (Å²) < 4.78 is 17.8. The fourth-order valence-electron chi connectivity index (χ4n) is 4.48. The molecule has 2 aliphatic carbocycles. The molecule has 1 saturated heterocycles. The van der Waals surface area contributed by atoms with Gasteiger partial charge < -0.3 is 19.7 Å². The molecule has 0 unspecified atom stereocenters. The fourth-order valence-corrected chi connectivity index (χ4v) is 4.48. The van der Waals surface area contributed by atoms with Crippen LogP contribution in [0.15, 0.2) is 4.52 Å². The Morgan fingerprint density at radius 2 is 1.81 bits per heavy atom. The summed E-state index contributed by atoms with van der Waals surface area (Å²) >= 11 is 0. The maximum absolute atomic E-state index is 11.6. The summed E-state index contributed by atoms with van der Waals surface area (Å²) in [4.78, 5) is 11.6. The number of primary amides is 1. The number of hydrogen-bond donors (Lipinski definition) is 1. The second kappa shape index (κ2) is 4.55. The van der Waals surface area contributed by atoms with Crippen molar-refractivity contribution in [1.82, 2.24) is 5.16 Å². The molecule has 4 rings (SSSR count). The number of rotatable bonds is 1. The van der Waals surface area contributed by atoms with E-state index in [1.165, 1.54) is 0 Å². The molecular weight excluding hydrogens is 272 g/mol. The van der Waals surface area contributed by atoms with Gasteiger partial charge >= 0.3 is 0 Å². The number of ether oxygens (including phenoxy) is 2. The van der Waals surface area contributed by atoms with Crippen LogP contribution in [0.4, 0.5) is 0 Å². The Kier molecular flexibility index (Phi) is 2.87. The zero-order valence-electron chi connectivity index (χ0n) is 12.0. The van der Waals surface area contributed by atoms with Gasteiger partial charge in [0.05, 0.1) is 18.6 Å². The molecule has 1 aromatic rings. The van der Waals surface area contributed by atoms with Crippen LogP contribution in [-0.4, -0.2) is 30.1 Å². The number of hydrogen-bond acceptors (Lipinski definition) is 5. The first-order valence-electron chi connectivity index (χ1n) is 7.75. The van der Waals surface area contributed by atoms with Crippen LogP contribution < -0.4 is 5.73 Å². The molecule has 2 heterocycles. The van der Waals surface area contributed by atoms with Crippen LogP contribution in [0.5, 0.6) is 0 Å². The first-order valence-corrected chi connectivity index (χ1v) is 7.75. The maximum atomic E-state index is 11.6. The molecule has 6 heteroatoms. The number of amides is 1. The zero-order valence-corrected chi connectivity index (χ0v) is 12.0. The SMILES string of the molecule is NC(=O)c1noc2c1CCC[C@@]21CCCCC12OCCO2. The highest BCUT2D eigenvalue weighted by atomic mass is 16.7. The quantitative estimate of drug-likeness (QED) is 0.850. The number of nitrogens with two attached hydrogens (primary N) is 1. The molecule has 1 saturated carbocycles. The molecule has 0 radical (unpaired) electrons. The monoisotopic (exact) mass is 292 g/mol. The van der Waals surface area contributed by atoms with E-state index in [0.717, 1.165) is 56.3 Å². The van der Waals surface area contributed by atoms with Crippen LogP contribution in [-0.2, 0) is 21.3 Å². The van der Waals surface area contributed by atoms with Crippen molar-refractivity contribution in [3.8, 4) is 0 Å². The summed E-state index contributed by atoms with van der Waals surface area (Å²) in [6.45, 7) is 1.24. The molecule has 6 nitrogen and oxygen atoms in total. The van der Waals surface area contributed by atoms with Crippen molar-refractivity contribution >= 4 is 5.91 Å². The lowest BCUT2D eigenvalue weighted by Crippen LogP contribution is -2.56. The maximum Gasteiger partial charge on any atom is 0.271 e. The first-order chi connectivity index (χ1) is 10.2. The smallest absolute Gasteiger partial charge is 0.271 e. The van der Waals surface area contributed by atoms with Crippen molar-refractivity contribution in [2.75, 3.05) is 13.2 Å². The van der Waals surface area contributed by atoms with Crippen LogP contribution in [0.3, 0.4) is 0 Å². The molecule has 0 bridgehead atoms. The summed E-state index contributed by atoms with van der Waals surface area (Å²) in [5, 5.41) is 3.94. The number of fused-ring (bicyclic) bond motifs is 3. The fraction of sp³-hybridized carbons (Fsp3) is 0.733. The van der Waals surface area contributed by atoms with Gasteiger partial charge in [-0.05, 0) is 32.1 Å². The van der Waals surface area contributed by atoms with E-state index in [0.29, 0.717) is 13.2 Å². The predicted molar refractivity (Wildman–Crippen MR) is 72.7 cm³/mol. The van der Waals surface area contributed by atoms with Crippen molar-refractivity contribution in [3.63, 3.8) is 0 Å². The third kappa shape index (κ3) is 1.66.